The van der Waals surface area contributed by atoms with Crippen molar-refractivity contribution in [3.05, 3.63) is 70.7 Å². The summed E-state index contributed by atoms with van der Waals surface area (Å²) >= 11 is 0. The number of fused-ring (bicyclic) bond motifs is 2. The molecule has 4 heterocycles. The Kier molecular flexibility index (Phi) is 4.97. The first kappa shape index (κ1) is 21.6. The van der Waals surface area contributed by atoms with Crippen LogP contribution in [0.3, 0.4) is 0 Å². The van der Waals surface area contributed by atoms with Crippen LogP contribution in [-0.4, -0.2) is 33.8 Å². The molecule has 0 saturated heterocycles. The molecule has 1 aliphatic rings. The summed E-state index contributed by atoms with van der Waals surface area (Å²) in [5.74, 6) is -0.671. The third-order valence-corrected chi connectivity index (χ3v) is 6.20. The van der Waals surface area contributed by atoms with Crippen molar-refractivity contribution >= 4 is 22.1 Å². The number of para-hydroxylation sites is 2. The summed E-state index contributed by atoms with van der Waals surface area (Å²) in [5.41, 5.74) is 3.16. The third-order valence-electron chi connectivity index (χ3n) is 6.20. The zero-order valence-electron chi connectivity index (χ0n) is 18.4. The lowest BCUT2D eigenvalue weighted by molar-refractivity contribution is -0.159. The van der Waals surface area contributed by atoms with E-state index < -0.39 is 12.1 Å². The fourth-order valence-electron chi connectivity index (χ4n) is 4.47. The molecule has 4 aromatic heterocycles. The van der Waals surface area contributed by atoms with Crippen molar-refractivity contribution in [1.82, 2.24) is 33.8 Å². The first-order valence-electron chi connectivity index (χ1n) is 11.3. The Morgan fingerprint density at radius 3 is 2.63 bits per heavy atom. The van der Waals surface area contributed by atoms with Crippen molar-refractivity contribution in [1.29, 1.82) is 0 Å². The molecule has 1 fully saturated rings. The highest BCUT2D eigenvalue weighted by Crippen LogP contribution is 2.36. The van der Waals surface area contributed by atoms with Gasteiger partial charge in [-0.25, -0.2) is 9.78 Å². The Labute approximate surface area is 195 Å². The second-order valence-electron chi connectivity index (χ2n) is 8.62. The minimum atomic E-state index is -4.67. The first-order valence-corrected chi connectivity index (χ1v) is 11.3. The third kappa shape index (κ3) is 3.88. The smallest absolute Gasteiger partial charge is 0.329 e. The van der Waals surface area contributed by atoms with Gasteiger partial charge in [-0.15, -0.1) is 0 Å². The number of nitrogens with zero attached hydrogens (tertiary/aromatic N) is 7. The molecule has 1 aromatic carbocycles. The van der Waals surface area contributed by atoms with E-state index >= 15 is 0 Å². The molecule has 0 N–H and O–H groups in total. The molecule has 0 spiro atoms. The number of hydrogen-bond acceptors (Lipinski definition) is 6. The summed E-state index contributed by atoms with van der Waals surface area (Å²) in [4.78, 5) is 25.7. The van der Waals surface area contributed by atoms with Gasteiger partial charge in [0.15, 0.2) is 5.82 Å². The average Bonchev–Trinajstić information content (AvgIpc) is 3.32. The topological polar surface area (TPSA) is 96.6 Å². The van der Waals surface area contributed by atoms with Gasteiger partial charge in [0.05, 0.1) is 34.8 Å². The standard InChI is InChI=1S/C23H20F3N7O2/c24-23(25,26)21-29-19(30-35-21)6-3-11-31-16-5-2-1-4-15(16)28-20(31)13-32-18-12-27-10-9-17(18)33(22(32)34)14-7-8-14/h1-2,4-5,9-10,12,14H,3,6-8,11,13H2. The van der Waals surface area contributed by atoms with E-state index in [9.17, 15) is 18.0 Å². The normalized spacial score (nSPS) is 14.4. The quantitative estimate of drug-likeness (QED) is 0.348. The van der Waals surface area contributed by atoms with Gasteiger partial charge in [-0.1, -0.05) is 17.3 Å². The molecule has 1 aliphatic carbocycles. The number of benzene rings is 1. The molecule has 0 bridgehead atoms. The lowest BCUT2D eigenvalue weighted by Gasteiger charge is -2.09. The van der Waals surface area contributed by atoms with Gasteiger partial charge >= 0.3 is 17.8 Å². The lowest BCUT2D eigenvalue weighted by Crippen LogP contribution is -2.25. The summed E-state index contributed by atoms with van der Waals surface area (Å²) in [6, 6.07) is 9.67. The maximum Gasteiger partial charge on any atom is 0.471 e. The van der Waals surface area contributed by atoms with E-state index in [1.54, 1.807) is 17.0 Å². The number of imidazole rings is 2. The molecule has 180 valence electrons. The van der Waals surface area contributed by atoms with Crippen LogP contribution < -0.4 is 5.69 Å². The summed E-state index contributed by atoms with van der Waals surface area (Å²) in [5, 5.41) is 3.44. The highest BCUT2D eigenvalue weighted by Gasteiger charge is 2.38. The van der Waals surface area contributed by atoms with E-state index in [-0.39, 0.29) is 30.5 Å². The minimum Gasteiger partial charge on any atom is -0.329 e. The second-order valence-corrected chi connectivity index (χ2v) is 8.62. The molecule has 0 radical (unpaired) electrons. The maximum absolute atomic E-state index is 13.3. The van der Waals surface area contributed by atoms with Crippen LogP contribution in [0.1, 0.15) is 42.8 Å². The fourth-order valence-corrected chi connectivity index (χ4v) is 4.47. The van der Waals surface area contributed by atoms with Gasteiger partial charge in [-0.05, 0) is 37.5 Å². The number of hydrogen-bond donors (Lipinski definition) is 0. The van der Waals surface area contributed by atoms with Crippen molar-refractivity contribution in [3.8, 4) is 0 Å². The van der Waals surface area contributed by atoms with Crippen LogP contribution in [0, 0.1) is 0 Å². The molecule has 6 rings (SSSR count). The summed E-state index contributed by atoms with van der Waals surface area (Å²) in [6.07, 6.45) is 1.33. The Bertz CT molecular complexity index is 1590. The van der Waals surface area contributed by atoms with Crippen LogP contribution in [0.2, 0.25) is 0 Å². The average molecular weight is 483 g/mol. The van der Waals surface area contributed by atoms with E-state index in [2.05, 4.69) is 19.6 Å². The highest BCUT2D eigenvalue weighted by atomic mass is 19.4. The highest BCUT2D eigenvalue weighted by molar-refractivity contribution is 5.77. The van der Waals surface area contributed by atoms with Crippen LogP contribution >= 0.6 is 0 Å². The van der Waals surface area contributed by atoms with Gasteiger partial charge in [-0.2, -0.15) is 18.2 Å². The zero-order chi connectivity index (χ0) is 24.2. The molecule has 5 aromatic rings. The Balaban J connectivity index is 1.32. The molecule has 35 heavy (non-hydrogen) atoms. The minimum absolute atomic E-state index is 0.00177. The van der Waals surface area contributed by atoms with E-state index in [1.807, 2.05) is 39.5 Å². The van der Waals surface area contributed by atoms with Crippen LogP contribution in [0.15, 0.2) is 52.0 Å². The summed E-state index contributed by atoms with van der Waals surface area (Å²) in [6.45, 7) is 0.704. The van der Waals surface area contributed by atoms with Gasteiger partial charge in [-0.3, -0.25) is 14.1 Å². The molecule has 0 unspecified atom stereocenters. The van der Waals surface area contributed by atoms with Crippen LogP contribution in [0.4, 0.5) is 13.2 Å². The van der Waals surface area contributed by atoms with Crippen molar-refractivity contribution < 1.29 is 17.7 Å². The predicted molar refractivity (Wildman–Crippen MR) is 119 cm³/mol. The van der Waals surface area contributed by atoms with E-state index in [0.717, 1.165) is 34.9 Å². The Morgan fingerprint density at radius 1 is 1.03 bits per heavy atom. The maximum atomic E-state index is 13.3. The van der Waals surface area contributed by atoms with E-state index in [1.165, 1.54) is 0 Å². The Morgan fingerprint density at radius 2 is 1.86 bits per heavy atom. The molecule has 0 aliphatic heterocycles. The SMILES string of the molecule is O=c1n(Cc2nc3ccccc3n2CCCc2noc(C(F)(F)F)n2)c2cnccc2n1C1CC1. The number of pyridine rings is 1. The number of alkyl halides is 3. The molecule has 0 atom stereocenters. The molecular formula is C23H20F3N7O2. The number of rotatable bonds is 7. The zero-order valence-corrected chi connectivity index (χ0v) is 18.4. The van der Waals surface area contributed by atoms with Crippen LogP contribution in [0.25, 0.3) is 22.1 Å². The van der Waals surface area contributed by atoms with Gasteiger partial charge in [0.1, 0.15) is 5.82 Å². The fraction of sp³-hybridized carbons (Fsp3) is 0.348. The molecular weight excluding hydrogens is 463 g/mol. The lowest BCUT2D eigenvalue weighted by atomic mass is 10.2. The molecule has 9 nitrogen and oxygen atoms in total. The largest absolute Gasteiger partial charge is 0.471 e. The van der Waals surface area contributed by atoms with Crippen molar-refractivity contribution in [2.45, 2.75) is 51.0 Å². The van der Waals surface area contributed by atoms with Crippen molar-refractivity contribution in [3.63, 3.8) is 0 Å². The molecule has 1 saturated carbocycles. The first-order chi connectivity index (χ1) is 16.9. The van der Waals surface area contributed by atoms with Crippen molar-refractivity contribution in [2.24, 2.45) is 0 Å². The molecule has 0 amide bonds. The van der Waals surface area contributed by atoms with E-state index in [0.29, 0.717) is 18.8 Å². The van der Waals surface area contributed by atoms with E-state index in [4.69, 9.17) is 4.98 Å². The monoisotopic (exact) mass is 483 g/mol. The Hall–Kier alpha value is -3.96. The van der Waals surface area contributed by atoms with Gasteiger partial charge in [0.25, 0.3) is 0 Å². The second kappa shape index (κ2) is 8.07. The van der Waals surface area contributed by atoms with Crippen molar-refractivity contribution in [2.75, 3.05) is 0 Å². The number of halogens is 3. The number of aryl methyl sites for hydroxylation is 2. The van der Waals surface area contributed by atoms with Crippen LogP contribution in [-0.2, 0) is 25.7 Å². The van der Waals surface area contributed by atoms with Gasteiger partial charge in [0, 0.05) is 25.2 Å². The van der Waals surface area contributed by atoms with Gasteiger partial charge < -0.3 is 9.09 Å². The number of aromatic nitrogens is 7. The van der Waals surface area contributed by atoms with Crippen LogP contribution in [0.5, 0.6) is 0 Å². The summed E-state index contributed by atoms with van der Waals surface area (Å²) in [7, 11) is 0. The summed E-state index contributed by atoms with van der Waals surface area (Å²) < 4.78 is 48.0. The molecule has 12 heteroatoms. The predicted octanol–water partition coefficient (Wildman–Crippen LogP) is 3.97. The van der Waals surface area contributed by atoms with Gasteiger partial charge in [0.2, 0.25) is 0 Å².